The molecule has 1 fully saturated rings. The first-order chi connectivity index (χ1) is 14.2. The predicted octanol–water partition coefficient (Wildman–Crippen LogP) is 3.67. The van der Waals surface area contributed by atoms with Crippen molar-refractivity contribution in [2.45, 2.75) is 25.9 Å². The van der Waals surface area contributed by atoms with E-state index in [-0.39, 0.29) is 17.3 Å². The number of benzene rings is 2. The molecule has 1 amide bonds. The summed E-state index contributed by atoms with van der Waals surface area (Å²) in [6, 6.07) is 12.5. The van der Waals surface area contributed by atoms with Crippen LogP contribution in [0.2, 0.25) is 10.0 Å². The largest absolute Gasteiger partial charge is 0.350 e. The van der Waals surface area contributed by atoms with Gasteiger partial charge in [0.25, 0.3) is 0 Å². The lowest BCUT2D eigenvalue weighted by Gasteiger charge is -2.23. The monoisotopic (exact) mass is 469 g/mol. The van der Waals surface area contributed by atoms with Crippen LogP contribution in [0, 0.1) is 0 Å². The summed E-state index contributed by atoms with van der Waals surface area (Å²) in [7, 11) is -3.71. The molecule has 0 radical (unpaired) electrons. The molecule has 0 spiro atoms. The van der Waals surface area contributed by atoms with Crippen LogP contribution in [0.15, 0.2) is 42.5 Å². The third-order valence-corrected chi connectivity index (χ3v) is 6.62. The third-order valence-electron chi connectivity index (χ3n) is 4.95. The summed E-state index contributed by atoms with van der Waals surface area (Å²) in [4.78, 5) is 14.9. The van der Waals surface area contributed by atoms with Gasteiger partial charge in [-0.15, -0.1) is 0 Å². The highest BCUT2D eigenvalue weighted by Crippen LogP contribution is 2.30. The molecule has 1 N–H and O–H groups in total. The van der Waals surface area contributed by atoms with E-state index >= 15 is 0 Å². The topological polar surface area (TPSA) is 69.7 Å². The maximum absolute atomic E-state index is 12.5. The summed E-state index contributed by atoms with van der Waals surface area (Å²) in [5.41, 5.74) is 2.39. The minimum absolute atomic E-state index is 0.162. The Labute approximate surface area is 187 Å². The number of carbonyl (C=O) groups is 1. The van der Waals surface area contributed by atoms with Crippen molar-refractivity contribution < 1.29 is 13.2 Å². The van der Waals surface area contributed by atoms with Crippen LogP contribution in [0.25, 0.3) is 0 Å². The molecule has 9 heteroatoms. The van der Waals surface area contributed by atoms with E-state index in [0.29, 0.717) is 11.6 Å². The molecule has 2 aromatic rings. The Bertz CT molecular complexity index is 1010. The molecular weight excluding hydrogens is 445 g/mol. The molecule has 0 bridgehead atoms. The SMILES string of the molecule is CS(=O)(=O)N(CC(=O)NCc1cccc(CN2CCCC2)c1)c1ccc(Cl)cc1Cl. The Morgan fingerprint density at radius 2 is 1.80 bits per heavy atom. The zero-order valence-electron chi connectivity index (χ0n) is 16.8. The van der Waals surface area contributed by atoms with Crippen LogP contribution in [0.1, 0.15) is 24.0 Å². The van der Waals surface area contributed by atoms with E-state index in [9.17, 15) is 13.2 Å². The van der Waals surface area contributed by atoms with Gasteiger partial charge in [-0.2, -0.15) is 0 Å². The number of sulfonamides is 1. The molecule has 3 rings (SSSR count). The van der Waals surface area contributed by atoms with Gasteiger partial charge in [-0.25, -0.2) is 8.42 Å². The molecule has 162 valence electrons. The maximum Gasteiger partial charge on any atom is 0.241 e. The lowest BCUT2D eigenvalue weighted by Crippen LogP contribution is -2.40. The van der Waals surface area contributed by atoms with E-state index in [2.05, 4.69) is 22.3 Å². The van der Waals surface area contributed by atoms with Crippen molar-refractivity contribution in [3.05, 3.63) is 63.6 Å². The van der Waals surface area contributed by atoms with Crippen LogP contribution in [0.3, 0.4) is 0 Å². The second-order valence-corrected chi connectivity index (χ2v) is 10.2. The van der Waals surface area contributed by atoms with Crippen LogP contribution < -0.4 is 9.62 Å². The quantitative estimate of drug-likeness (QED) is 0.639. The normalized spacial score (nSPS) is 14.6. The molecule has 6 nitrogen and oxygen atoms in total. The van der Waals surface area contributed by atoms with Crippen LogP contribution in [0.5, 0.6) is 0 Å². The molecule has 0 aromatic heterocycles. The zero-order chi connectivity index (χ0) is 21.7. The molecule has 0 saturated carbocycles. The summed E-state index contributed by atoms with van der Waals surface area (Å²) in [5, 5.41) is 3.34. The number of hydrogen-bond acceptors (Lipinski definition) is 4. The van der Waals surface area contributed by atoms with Crippen LogP contribution in [-0.2, 0) is 27.9 Å². The average molecular weight is 470 g/mol. The van der Waals surface area contributed by atoms with E-state index in [4.69, 9.17) is 23.2 Å². The first kappa shape index (κ1) is 22.9. The highest BCUT2D eigenvalue weighted by atomic mass is 35.5. The molecule has 1 heterocycles. The van der Waals surface area contributed by atoms with Crippen molar-refractivity contribution in [1.29, 1.82) is 0 Å². The highest BCUT2D eigenvalue weighted by Gasteiger charge is 2.23. The smallest absolute Gasteiger partial charge is 0.241 e. The number of halogens is 2. The van der Waals surface area contributed by atoms with Crippen molar-refractivity contribution in [3.8, 4) is 0 Å². The first-order valence-corrected chi connectivity index (χ1v) is 12.3. The third kappa shape index (κ3) is 6.35. The van der Waals surface area contributed by atoms with Gasteiger partial charge in [-0.05, 0) is 55.3 Å². The van der Waals surface area contributed by atoms with Gasteiger partial charge in [0.15, 0.2) is 0 Å². The number of nitrogens with one attached hydrogen (secondary N) is 1. The number of likely N-dealkylation sites (tertiary alicyclic amines) is 1. The summed E-state index contributed by atoms with van der Waals surface area (Å²) in [6.07, 6.45) is 3.52. The molecule has 1 saturated heterocycles. The van der Waals surface area contributed by atoms with Crippen LogP contribution in [0.4, 0.5) is 5.69 Å². The van der Waals surface area contributed by atoms with Crippen LogP contribution >= 0.6 is 23.2 Å². The number of carbonyl (C=O) groups excluding carboxylic acids is 1. The minimum Gasteiger partial charge on any atom is -0.350 e. The van der Waals surface area contributed by atoms with Crippen LogP contribution in [-0.4, -0.2) is 45.1 Å². The number of rotatable bonds is 8. The van der Waals surface area contributed by atoms with E-state index in [0.717, 1.165) is 35.8 Å². The molecule has 0 unspecified atom stereocenters. The van der Waals surface area contributed by atoms with E-state index in [1.165, 1.54) is 36.6 Å². The van der Waals surface area contributed by atoms with Crippen molar-refractivity contribution in [3.63, 3.8) is 0 Å². The van der Waals surface area contributed by atoms with Gasteiger partial charge in [0.1, 0.15) is 6.54 Å². The van der Waals surface area contributed by atoms with Crippen molar-refractivity contribution in [1.82, 2.24) is 10.2 Å². The fourth-order valence-corrected chi connectivity index (χ4v) is 4.92. The van der Waals surface area contributed by atoms with Gasteiger partial charge in [0.2, 0.25) is 15.9 Å². The molecule has 1 aliphatic rings. The lowest BCUT2D eigenvalue weighted by molar-refractivity contribution is -0.119. The summed E-state index contributed by atoms with van der Waals surface area (Å²) in [6.45, 7) is 3.09. The summed E-state index contributed by atoms with van der Waals surface area (Å²) >= 11 is 12.0. The lowest BCUT2D eigenvalue weighted by atomic mass is 10.1. The molecule has 2 aromatic carbocycles. The Balaban J connectivity index is 1.63. The fourth-order valence-electron chi connectivity index (χ4n) is 3.49. The molecule has 1 aliphatic heterocycles. The molecular formula is C21H25Cl2N3O3S. The minimum atomic E-state index is -3.71. The standard InChI is InChI=1S/C21H25Cl2N3O3S/c1-30(28,29)26(20-8-7-18(22)12-19(20)23)15-21(27)24-13-16-5-4-6-17(11-16)14-25-9-2-3-10-25/h4-8,11-12H,2-3,9-10,13-15H2,1H3,(H,24,27). The van der Waals surface area contributed by atoms with E-state index in [1.54, 1.807) is 0 Å². The Morgan fingerprint density at radius 1 is 1.10 bits per heavy atom. The number of nitrogens with zero attached hydrogens (tertiary/aromatic N) is 2. The first-order valence-electron chi connectivity index (χ1n) is 9.72. The number of anilines is 1. The Morgan fingerprint density at radius 3 is 2.47 bits per heavy atom. The van der Waals surface area contributed by atoms with Gasteiger partial charge in [0.05, 0.1) is 17.0 Å². The number of amides is 1. The second-order valence-electron chi connectivity index (χ2n) is 7.45. The van der Waals surface area contributed by atoms with E-state index < -0.39 is 15.9 Å². The van der Waals surface area contributed by atoms with Gasteiger partial charge in [-0.3, -0.25) is 14.0 Å². The summed E-state index contributed by atoms with van der Waals surface area (Å²) in [5.74, 6) is -0.420. The van der Waals surface area contributed by atoms with E-state index in [1.807, 2.05) is 12.1 Å². The second kappa shape index (κ2) is 10.0. The summed E-state index contributed by atoms with van der Waals surface area (Å²) < 4.78 is 25.5. The predicted molar refractivity (Wildman–Crippen MR) is 121 cm³/mol. The molecule has 0 aliphatic carbocycles. The Kier molecular flexibility index (Phi) is 7.63. The Hall–Kier alpha value is -1.80. The van der Waals surface area contributed by atoms with Gasteiger partial charge in [0, 0.05) is 18.1 Å². The number of hydrogen-bond donors (Lipinski definition) is 1. The fraction of sp³-hybridized carbons (Fsp3) is 0.381. The van der Waals surface area contributed by atoms with Gasteiger partial charge in [-0.1, -0.05) is 47.5 Å². The molecule has 0 atom stereocenters. The molecule has 30 heavy (non-hydrogen) atoms. The average Bonchev–Trinajstić information content (AvgIpc) is 3.17. The van der Waals surface area contributed by atoms with Crippen molar-refractivity contribution in [2.24, 2.45) is 0 Å². The van der Waals surface area contributed by atoms with Crippen molar-refractivity contribution in [2.75, 3.05) is 30.2 Å². The van der Waals surface area contributed by atoms with Gasteiger partial charge < -0.3 is 5.32 Å². The highest BCUT2D eigenvalue weighted by molar-refractivity contribution is 7.92. The maximum atomic E-state index is 12.5. The van der Waals surface area contributed by atoms with Crippen molar-refractivity contribution >= 4 is 44.8 Å². The van der Waals surface area contributed by atoms with Gasteiger partial charge >= 0.3 is 0 Å². The zero-order valence-corrected chi connectivity index (χ0v) is 19.1.